The van der Waals surface area contributed by atoms with Gasteiger partial charge in [-0.2, -0.15) is 0 Å². The summed E-state index contributed by atoms with van der Waals surface area (Å²) >= 11 is 0. The fourth-order valence-electron chi connectivity index (χ4n) is 1.30. The minimum absolute atomic E-state index is 0.162. The van der Waals surface area contributed by atoms with Crippen LogP contribution in [0.15, 0.2) is 21.9 Å². The van der Waals surface area contributed by atoms with Crippen molar-refractivity contribution in [3.8, 4) is 5.75 Å². The highest BCUT2D eigenvalue weighted by atomic mass is 16.8. The van der Waals surface area contributed by atoms with Crippen molar-refractivity contribution in [2.75, 3.05) is 7.11 Å². The summed E-state index contributed by atoms with van der Waals surface area (Å²) in [6.45, 7) is 0. The van der Waals surface area contributed by atoms with E-state index in [4.69, 9.17) is 9.94 Å². The predicted octanol–water partition coefficient (Wildman–Crippen LogP) is 0.278. The minimum Gasteiger partial charge on any atom is -0.492 e. The number of methoxy groups -OCH3 is 1. The van der Waals surface area contributed by atoms with Crippen molar-refractivity contribution < 1.29 is 19.5 Å². The van der Waals surface area contributed by atoms with E-state index in [1.807, 2.05) is 0 Å². The Hall–Kier alpha value is -2.31. The molecule has 0 spiro atoms. The van der Waals surface area contributed by atoms with Crippen molar-refractivity contribution in [2.24, 2.45) is 5.16 Å². The van der Waals surface area contributed by atoms with Gasteiger partial charge in [-0.1, -0.05) is 5.16 Å². The van der Waals surface area contributed by atoms with Crippen molar-refractivity contribution >= 4 is 17.2 Å². The van der Waals surface area contributed by atoms with Crippen molar-refractivity contribution in [2.45, 2.75) is 0 Å². The Balaban J connectivity index is 2.79. The van der Waals surface area contributed by atoms with Gasteiger partial charge in [-0.15, -0.1) is 0 Å². The second-order valence-corrected chi connectivity index (χ2v) is 2.73. The maximum atomic E-state index is 11.2. The molecule has 2 aromatic rings. The number of hydrogen-bond acceptors (Lipinski definition) is 6. The van der Waals surface area contributed by atoms with Crippen molar-refractivity contribution in [3.63, 3.8) is 0 Å². The zero-order chi connectivity index (χ0) is 10.8. The smallest absolute Gasteiger partial charge is 0.268 e. The molecule has 0 aliphatic heterocycles. The van der Waals surface area contributed by atoms with Gasteiger partial charge >= 0.3 is 0 Å². The molecule has 15 heavy (non-hydrogen) atoms. The number of rotatable bonds is 2. The molecule has 0 fully saturated rings. The maximum Gasteiger partial charge on any atom is 0.268 e. The first kappa shape index (κ1) is 9.25. The minimum atomic E-state index is 0.162. The van der Waals surface area contributed by atoms with E-state index in [0.29, 0.717) is 11.3 Å². The lowest BCUT2D eigenvalue weighted by atomic mass is 10.2. The van der Waals surface area contributed by atoms with Gasteiger partial charge in [-0.3, -0.25) is 4.63 Å². The quantitative estimate of drug-likeness (QED) is 0.331. The summed E-state index contributed by atoms with van der Waals surface area (Å²) in [5.74, 6) is 0.344. The summed E-state index contributed by atoms with van der Waals surface area (Å²) in [5, 5.41) is 26.0. The number of aromatic nitrogens is 2. The summed E-state index contributed by atoms with van der Waals surface area (Å²) in [4.78, 5) is 0.239. The van der Waals surface area contributed by atoms with Crippen LogP contribution in [-0.4, -0.2) is 23.7 Å². The first-order valence-electron chi connectivity index (χ1n) is 4.01. The Labute approximate surface area is 83.7 Å². The molecule has 2 rings (SSSR count). The van der Waals surface area contributed by atoms with E-state index in [1.54, 1.807) is 12.1 Å². The fourth-order valence-corrected chi connectivity index (χ4v) is 1.30. The second-order valence-electron chi connectivity index (χ2n) is 2.73. The second kappa shape index (κ2) is 3.45. The molecule has 0 aliphatic carbocycles. The Bertz CT molecular complexity index is 520. The molecular formula is C8H7N3O4. The normalized spacial score (nSPS) is 11.3. The third kappa shape index (κ3) is 1.33. The van der Waals surface area contributed by atoms with Gasteiger partial charge in [-0.05, 0) is 17.0 Å². The molecule has 0 amide bonds. The summed E-state index contributed by atoms with van der Waals surface area (Å²) in [5.41, 5.74) is 0.906. The van der Waals surface area contributed by atoms with Gasteiger partial charge in [-0.25, -0.2) is 0 Å². The average Bonchev–Trinajstić information content (AvgIpc) is 2.63. The molecule has 0 unspecified atom stereocenters. The molecule has 7 nitrogen and oxygen atoms in total. The summed E-state index contributed by atoms with van der Waals surface area (Å²) in [7, 11) is 1.43. The number of benzene rings is 1. The van der Waals surface area contributed by atoms with Gasteiger partial charge in [0.05, 0.1) is 18.9 Å². The lowest BCUT2D eigenvalue weighted by Crippen LogP contribution is -2.23. The molecule has 1 aromatic carbocycles. The zero-order valence-corrected chi connectivity index (χ0v) is 7.75. The predicted molar refractivity (Wildman–Crippen MR) is 48.9 cm³/mol. The molecule has 0 radical (unpaired) electrons. The monoisotopic (exact) mass is 209 g/mol. The molecule has 1 N–H and O–H groups in total. The Morgan fingerprint density at radius 1 is 1.67 bits per heavy atom. The number of fused-ring (bicyclic) bond motifs is 1. The van der Waals surface area contributed by atoms with Crippen LogP contribution in [0.3, 0.4) is 0 Å². The molecule has 1 heterocycles. The molecular weight excluding hydrogens is 202 g/mol. The van der Waals surface area contributed by atoms with Crippen LogP contribution < -0.4 is 9.64 Å². The Morgan fingerprint density at radius 2 is 2.47 bits per heavy atom. The Kier molecular flexibility index (Phi) is 2.13. The third-order valence-electron chi connectivity index (χ3n) is 1.95. The van der Waals surface area contributed by atoms with Gasteiger partial charge in [0.2, 0.25) is 0 Å². The highest BCUT2D eigenvalue weighted by Crippen LogP contribution is 2.23. The summed E-state index contributed by atoms with van der Waals surface area (Å²) in [6.07, 6.45) is 1.16. The third-order valence-corrected chi connectivity index (χ3v) is 1.95. The zero-order valence-electron chi connectivity index (χ0n) is 7.75. The molecule has 0 saturated heterocycles. The highest BCUT2D eigenvalue weighted by molar-refractivity contribution is 5.96. The molecule has 0 aliphatic rings. The standard InChI is InChI=1S/C8H7N3O4/c1-14-6-3-2-5(4-9-12)7-8(6)11(13)15-10-7/h2-4,12H,1H3/b9-4+. The first-order valence-corrected chi connectivity index (χ1v) is 4.01. The van der Waals surface area contributed by atoms with Crippen LogP contribution >= 0.6 is 0 Å². The van der Waals surface area contributed by atoms with E-state index in [0.717, 1.165) is 6.21 Å². The SMILES string of the molecule is COc1ccc(/C=N/O)c2no[n+]([O-])c12. The summed E-state index contributed by atoms with van der Waals surface area (Å²) < 4.78 is 9.40. The van der Waals surface area contributed by atoms with Crippen LogP contribution in [0.1, 0.15) is 5.56 Å². The van der Waals surface area contributed by atoms with Crippen molar-refractivity contribution in [1.29, 1.82) is 0 Å². The fraction of sp³-hybridized carbons (Fsp3) is 0.125. The van der Waals surface area contributed by atoms with Crippen LogP contribution in [0.2, 0.25) is 0 Å². The van der Waals surface area contributed by atoms with Gasteiger partial charge < -0.3 is 15.2 Å². The van der Waals surface area contributed by atoms with E-state index in [-0.39, 0.29) is 15.9 Å². The van der Waals surface area contributed by atoms with E-state index in [2.05, 4.69) is 14.9 Å². The largest absolute Gasteiger partial charge is 0.492 e. The van der Waals surface area contributed by atoms with Crippen LogP contribution in [0, 0.1) is 5.21 Å². The lowest BCUT2D eigenvalue weighted by molar-refractivity contribution is -0.782. The van der Waals surface area contributed by atoms with E-state index < -0.39 is 0 Å². The van der Waals surface area contributed by atoms with Crippen molar-refractivity contribution in [3.05, 3.63) is 22.9 Å². The van der Waals surface area contributed by atoms with E-state index in [9.17, 15) is 5.21 Å². The summed E-state index contributed by atoms with van der Waals surface area (Å²) in [6, 6.07) is 3.16. The van der Waals surface area contributed by atoms with Gasteiger partial charge in [0.25, 0.3) is 11.0 Å². The molecule has 0 saturated carbocycles. The number of hydrogen-bond donors (Lipinski definition) is 1. The van der Waals surface area contributed by atoms with E-state index in [1.165, 1.54) is 7.11 Å². The maximum absolute atomic E-state index is 11.2. The molecule has 1 aromatic heterocycles. The number of ether oxygens (including phenoxy) is 1. The average molecular weight is 209 g/mol. The van der Waals surface area contributed by atoms with Crippen LogP contribution in [0.4, 0.5) is 0 Å². The van der Waals surface area contributed by atoms with Gasteiger partial charge in [0, 0.05) is 5.16 Å². The van der Waals surface area contributed by atoms with Crippen LogP contribution in [0.25, 0.3) is 11.0 Å². The van der Waals surface area contributed by atoms with Gasteiger partial charge in [0.1, 0.15) is 0 Å². The highest BCUT2D eigenvalue weighted by Gasteiger charge is 2.18. The van der Waals surface area contributed by atoms with Crippen LogP contribution in [0.5, 0.6) is 5.75 Å². The molecule has 78 valence electrons. The van der Waals surface area contributed by atoms with Gasteiger partial charge in [0.15, 0.2) is 5.75 Å². The number of nitrogens with zero attached hydrogens (tertiary/aromatic N) is 3. The Morgan fingerprint density at radius 3 is 3.13 bits per heavy atom. The van der Waals surface area contributed by atoms with Crippen molar-refractivity contribution in [1.82, 2.24) is 5.16 Å². The molecule has 7 heteroatoms. The number of oxime groups is 1. The van der Waals surface area contributed by atoms with Crippen LogP contribution in [-0.2, 0) is 0 Å². The molecule has 0 atom stereocenters. The molecule has 0 bridgehead atoms. The van der Waals surface area contributed by atoms with E-state index >= 15 is 0 Å². The topological polar surface area (TPSA) is 94.8 Å². The lowest BCUT2D eigenvalue weighted by Gasteiger charge is -1.98. The first-order chi connectivity index (χ1) is 7.27.